The minimum Gasteiger partial charge on any atom is -0.489 e. The van der Waals surface area contributed by atoms with Crippen molar-refractivity contribution in [2.24, 2.45) is 0 Å². The van der Waals surface area contributed by atoms with Gasteiger partial charge in [-0.25, -0.2) is 0 Å². The zero-order valence-electron chi connectivity index (χ0n) is 27.7. The molecule has 2 aliphatic rings. The van der Waals surface area contributed by atoms with E-state index in [0.717, 1.165) is 91.7 Å². The number of rotatable bonds is 11. The molecule has 1 saturated heterocycles. The third-order valence-electron chi connectivity index (χ3n) is 9.24. The Balaban J connectivity index is 1.20. The van der Waals surface area contributed by atoms with Crippen LogP contribution in [0.5, 0.6) is 5.75 Å². The minimum atomic E-state index is -2.52. The molecule has 0 bridgehead atoms. The number of hydrogen-bond donors (Lipinski definition) is 4. The van der Waals surface area contributed by atoms with Gasteiger partial charge in [0, 0.05) is 48.9 Å². The summed E-state index contributed by atoms with van der Waals surface area (Å²) in [4.78, 5) is 17.6. The first-order valence-corrected chi connectivity index (χ1v) is 19.1. The van der Waals surface area contributed by atoms with E-state index in [1.54, 1.807) is 13.3 Å². The van der Waals surface area contributed by atoms with Crippen LogP contribution < -0.4 is 25.6 Å². The molecule has 1 aliphatic carbocycles. The summed E-state index contributed by atoms with van der Waals surface area (Å²) < 4.78 is 19.3. The SMILES string of the molecule is CC(C)Oc1cc(Nc2nc(Nc3ccccc3P(C)(C)=O)c3cc[nH]c3n2)ccc1N1CCC(N(C)CC2(O)CCCC2)CC1. The lowest BCUT2D eigenvalue weighted by Crippen LogP contribution is -2.48. The molecule has 0 amide bonds. The van der Waals surface area contributed by atoms with Gasteiger partial charge >= 0.3 is 0 Å². The Morgan fingerprint density at radius 1 is 1.09 bits per heavy atom. The van der Waals surface area contributed by atoms with E-state index in [0.29, 0.717) is 23.5 Å². The van der Waals surface area contributed by atoms with Gasteiger partial charge in [-0.05, 0) is 90.2 Å². The van der Waals surface area contributed by atoms with Crippen LogP contribution in [0.4, 0.5) is 28.8 Å². The predicted molar refractivity (Wildman–Crippen MR) is 189 cm³/mol. The number of anilines is 5. The van der Waals surface area contributed by atoms with Crippen molar-refractivity contribution < 1.29 is 14.4 Å². The van der Waals surface area contributed by atoms with Crippen LogP contribution in [-0.2, 0) is 4.57 Å². The van der Waals surface area contributed by atoms with Crippen molar-refractivity contribution in [3.63, 3.8) is 0 Å². The number of likely N-dealkylation sites (N-methyl/N-ethyl adjacent to an activating group) is 1. The van der Waals surface area contributed by atoms with Crippen molar-refractivity contribution in [1.29, 1.82) is 0 Å². The Morgan fingerprint density at radius 2 is 1.83 bits per heavy atom. The average molecular weight is 646 g/mol. The summed E-state index contributed by atoms with van der Waals surface area (Å²) in [6, 6.07) is 16.2. The van der Waals surface area contributed by atoms with Gasteiger partial charge in [-0.3, -0.25) is 0 Å². The third kappa shape index (κ3) is 7.35. The second-order valence-corrected chi connectivity index (χ2v) is 16.9. The van der Waals surface area contributed by atoms with Crippen LogP contribution >= 0.6 is 7.14 Å². The number of fused-ring (bicyclic) bond motifs is 1. The summed E-state index contributed by atoms with van der Waals surface area (Å²) in [6.45, 7) is 10.3. The number of nitrogens with zero attached hydrogens (tertiary/aromatic N) is 4. The molecule has 1 saturated carbocycles. The van der Waals surface area contributed by atoms with Crippen LogP contribution in [-0.4, -0.2) is 82.7 Å². The van der Waals surface area contributed by atoms with Crippen LogP contribution in [0.2, 0.25) is 0 Å². The van der Waals surface area contributed by atoms with E-state index < -0.39 is 12.7 Å². The van der Waals surface area contributed by atoms with Crippen molar-refractivity contribution in [3.8, 4) is 5.75 Å². The van der Waals surface area contributed by atoms with E-state index in [4.69, 9.17) is 14.7 Å². The number of ether oxygens (including phenoxy) is 1. The molecule has 2 aromatic carbocycles. The molecule has 10 nitrogen and oxygen atoms in total. The number of aromatic amines is 1. The van der Waals surface area contributed by atoms with Gasteiger partial charge in [0.2, 0.25) is 5.95 Å². The lowest BCUT2D eigenvalue weighted by molar-refractivity contribution is 0.00242. The summed E-state index contributed by atoms with van der Waals surface area (Å²) in [5, 5.41) is 19.4. The van der Waals surface area contributed by atoms with Gasteiger partial charge in [0.1, 0.15) is 24.4 Å². The Kier molecular flexibility index (Phi) is 9.33. The largest absolute Gasteiger partial charge is 0.489 e. The predicted octanol–water partition coefficient (Wildman–Crippen LogP) is 6.69. The number of piperidine rings is 1. The van der Waals surface area contributed by atoms with Crippen molar-refractivity contribution in [2.45, 2.75) is 70.1 Å². The molecule has 0 spiro atoms. The number of nitrogens with one attached hydrogen (secondary N) is 3. The molecule has 0 atom stereocenters. The van der Waals surface area contributed by atoms with Crippen molar-refractivity contribution in [3.05, 3.63) is 54.7 Å². The molecule has 2 aromatic heterocycles. The van der Waals surface area contributed by atoms with E-state index in [2.05, 4.69) is 38.5 Å². The Labute approximate surface area is 272 Å². The number of benzene rings is 2. The standard InChI is InChI=1S/C35H48N7O3P/c1-24(2)45-30-22-25(12-13-29(30)42-20-15-26(16-21-42)41(3)23-35(43)17-8-9-18-35)37-34-39-32-27(14-19-36-32)33(40-34)38-28-10-6-7-11-31(28)46(4,5)44/h6-7,10-14,19,22,24,26,43H,8-9,15-18,20-21,23H2,1-5H3,(H3,36,37,38,39,40). The smallest absolute Gasteiger partial charge is 0.231 e. The van der Waals surface area contributed by atoms with Crippen molar-refractivity contribution >= 4 is 52.3 Å². The van der Waals surface area contributed by atoms with E-state index >= 15 is 0 Å². The second-order valence-electron chi connectivity index (χ2n) is 13.7. The maximum absolute atomic E-state index is 13.0. The Morgan fingerprint density at radius 3 is 2.54 bits per heavy atom. The van der Waals surface area contributed by atoms with Crippen molar-refractivity contribution in [1.82, 2.24) is 19.9 Å². The number of hydrogen-bond acceptors (Lipinski definition) is 9. The first kappa shape index (κ1) is 32.4. The molecule has 2 fully saturated rings. The fourth-order valence-electron chi connectivity index (χ4n) is 6.93. The molecule has 4 N–H and O–H groups in total. The van der Waals surface area contributed by atoms with Crippen LogP contribution in [0.3, 0.4) is 0 Å². The highest BCUT2D eigenvalue weighted by Gasteiger charge is 2.35. The lowest BCUT2D eigenvalue weighted by Gasteiger charge is -2.40. The molecular formula is C35H48N7O3P. The summed E-state index contributed by atoms with van der Waals surface area (Å²) in [5.41, 5.74) is 2.85. The maximum Gasteiger partial charge on any atom is 0.231 e. The molecule has 4 aromatic rings. The summed E-state index contributed by atoms with van der Waals surface area (Å²) in [5.74, 6) is 1.88. The van der Waals surface area contributed by atoms with Gasteiger partial charge in [0.15, 0.2) is 0 Å². The molecule has 1 aliphatic heterocycles. The number of aromatic nitrogens is 3. The third-order valence-corrected chi connectivity index (χ3v) is 10.8. The van der Waals surface area contributed by atoms with Crippen LogP contribution in [0, 0.1) is 0 Å². The van der Waals surface area contributed by atoms with E-state index in [-0.39, 0.29) is 6.10 Å². The number of para-hydroxylation sites is 1. The van der Waals surface area contributed by atoms with Gasteiger partial charge < -0.3 is 39.8 Å². The monoisotopic (exact) mass is 645 g/mol. The Hall–Kier alpha value is -3.59. The molecule has 3 heterocycles. The van der Waals surface area contributed by atoms with E-state index in [1.165, 1.54) is 0 Å². The molecule has 46 heavy (non-hydrogen) atoms. The van der Waals surface area contributed by atoms with E-state index in [1.807, 2.05) is 62.5 Å². The first-order chi connectivity index (χ1) is 22.0. The van der Waals surface area contributed by atoms with E-state index in [9.17, 15) is 9.67 Å². The number of H-pyrrole nitrogens is 1. The normalized spacial score (nSPS) is 17.3. The summed E-state index contributed by atoms with van der Waals surface area (Å²) in [6.07, 6.45) is 8.05. The zero-order valence-corrected chi connectivity index (χ0v) is 28.6. The molecular weight excluding hydrogens is 597 g/mol. The molecule has 11 heteroatoms. The first-order valence-electron chi connectivity index (χ1n) is 16.5. The maximum atomic E-state index is 13.0. The van der Waals surface area contributed by atoms with Crippen LogP contribution in [0.15, 0.2) is 54.7 Å². The lowest BCUT2D eigenvalue weighted by atomic mass is 9.97. The molecule has 0 unspecified atom stereocenters. The molecule has 0 radical (unpaired) electrons. The topological polar surface area (TPSA) is 119 Å². The quantitative estimate of drug-likeness (QED) is 0.132. The summed E-state index contributed by atoms with van der Waals surface area (Å²) in [7, 11) is -0.347. The highest BCUT2D eigenvalue weighted by atomic mass is 31.2. The number of aliphatic hydroxyl groups is 1. The fourth-order valence-corrected chi connectivity index (χ4v) is 8.09. The fraction of sp³-hybridized carbons (Fsp3) is 0.486. The van der Waals surface area contributed by atoms with Crippen LogP contribution in [0.25, 0.3) is 11.0 Å². The summed E-state index contributed by atoms with van der Waals surface area (Å²) >= 11 is 0. The average Bonchev–Trinajstić information content (AvgIpc) is 3.66. The highest BCUT2D eigenvalue weighted by Crippen LogP contribution is 2.39. The second kappa shape index (κ2) is 13.3. The van der Waals surface area contributed by atoms with Gasteiger partial charge in [-0.2, -0.15) is 9.97 Å². The molecule has 6 rings (SSSR count). The van der Waals surface area contributed by atoms with Crippen molar-refractivity contribution in [2.75, 3.05) is 55.5 Å². The molecule has 246 valence electrons. The van der Waals surface area contributed by atoms with Gasteiger partial charge in [-0.1, -0.05) is 25.0 Å². The van der Waals surface area contributed by atoms with Gasteiger partial charge in [0.05, 0.1) is 28.5 Å². The zero-order chi connectivity index (χ0) is 32.5. The van der Waals surface area contributed by atoms with Gasteiger partial charge in [-0.15, -0.1) is 0 Å². The highest BCUT2D eigenvalue weighted by molar-refractivity contribution is 7.70. The van der Waals surface area contributed by atoms with Crippen LogP contribution in [0.1, 0.15) is 52.4 Å². The van der Waals surface area contributed by atoms with Gasteiger partial charge in [0.25, 0.3) is 0 Å². The Bertz CT molecular complexity index is 1700. The minimum absolute atomic E-state index is 0.0142.